The van der Waals surface area contributed by atoms with Crippen molar-refractivity contribution in [1.29, 1.82) is 0 Å². The van der Waals surface area contributed by atoms with E-state index < -0.39 is 42.0 Å². The van der Waals surface area contributed by atoms with E-state index in [9.17, 15) is 32.3 Å². The monoisotopic (exact) mass is 789 g/mol. The van der Waals surface area contributed by atoms with Crippen molar-refractivity contribution in [1.82, 2.24) is 4.98 Å². The number of anilines is 2. The van der Waals surface area contributed by atoms with Gasteiger partial charge in [0.15, 0.2) is 6.61 Å². The van der Waals surface area contributed by atoms with Crippen molar-refractivity contribution in [3.05, 3.63) is 102 Å². The maximum absolute atomic E-state index is 14.0. The summed E-state index contributed by atoms with van der Waals surface area (Å²) in [6.07, 6.45) is -3.89. The first-order valence-corrected chi connectivity index (χ1v) is 18.2. The van der Waals surface area contributed by atoms with Crippen molar-refractivity contribution < 1.29 is 32.3 Å². The van der Waals surface area contributed by atoms with Crippen molar-refractivity contribution in [3.8, 4) is 5.75 Å². The number of carbonyl (C=O) groups is 3. The van der Waals surface area contributed by atoms with E-state index in [4.69, 9.17) is 16.3 Å². The number of hydrogen-bond donors (Lipinski definition) is 2. The number of hydrogen-bond acceptors (Lipinski definition) is 7. The molecule has 1 aromatic heterocycles. The maximum atomic E-state index is 14.0. The van der Waals surface area contributed by atoms with Crippen LogP contribution < -0.4 is 19.8 Å². The maximum Gasteiger partial charge on any atom is 0.416 e. The highest BCUT2D eigenvalue weighted by atomic mass is 79.9. The summed E-state index contributed by atoms with van der Waals surface area (Å²) >= 11 is 12.6. The molecule has 7 atom stereocenters. The molecule has 8 rings (SSSR count). The van der Waals surface area contributed by atoms with E-state index >= 15 is 0 Å². The molecular formula is C34H24BrClF3N3O5S2. The summed E-state index contributed by atoms with van der Waals surface area (Å²) in [5.74, 6) is -2.66. The Hall–Kier alpha value is -3.59. The number of alkyl halides is 3. The molecule has 3 aromatic carbocycles. The van der Waals surface area contributed by atoms with Gasteiger partial charge in [-0.1, -0.05) is 44.9 Å². The number of thioether (sulfide) groups is 1. The van der Waals surface area contributed by atoms with Gasteiger partial charge in [-0.2, -0.15) is 13.2 Å². The Balaban J connectivity index is 1.11. The number of ether oxygens (including phenoxy) is 1. The highest BCUT2D eigenvalue weighted by Gasteiger charge is 2.70. The number of benzene rings is 3. The predicted octanol–water partition coefficient (Wildman–Crippen LogP) is 7.57. The van der Waals surface area contributed by atoms with Crippen LogP contribution in [0, 0.1) is 29.6 Å². The quantitative estimate of drug-likeness (QED) is 0.195. The predicted molar refractivity (Wildman–Crippen MR) is 182 cm³/mol. The number of nitrogens with zero attached hydrogens (tertiary/aromatic N) is 1. The lowest BCUT2D eigenvalue weighted by Crippen LogP contribution is -2.42. The largest absolute Gasteiger partial charge is 0.483 e. The normalized spacial score (nSPS) is 26.8. The van der Waals surface area contributed by atoms with Gasteiger partial charge in [0.1, 0.15) is 5.75 Å². The molecule has 252 valence electrons. The van der Waals surface area contributed by atoms with Crippen molar-refractivity contribution in [3.63, 3.8) is 0 Å². The zero-order valence-corrected chi connectivity index (χ0v) is 29.0. The second-order valence-corrected chi connectivity index (χ2v) is 16.1. The summed E-state index contributed by atoms with van der Waals surface area (Å²) < 4.78 is 46.4. The molecule has 6 unspecified atom stereocenters. The van der Waals surface area contributed by atoms with Crippen LogP contribution in [0.5, 0.6) is 5.75 Å². The minimum atomic E-state index is -4.57. The highest BCUT2D eigenvalue weighted by molar-refractivity contribution is 9.10. The van der Waals surface area contributed by atoms with E-state index in [-0.39, 0.29) is 45.4 Å². The van der Waals surface area contributed by atoms with Gasteiger partial charge < -0.3 is 15.0 Å². The molecule has 1 saturated heterocycles. The second kappa shape index (κ2) is 12.0. The van der Waals surface area contributed by atoms with Crippen LogP contribution in [-0.4, -0.2) is 34.6 Å². The van der Waals surface area contributed by atoms with Gasteiger partial charge in [0.25, 0.3) is 5.91 Å². The first kappa shape index (κ1) is 32.6. The lowest BCUT2D eigenvalue weighted by atomic mass is 9.68. The highest BCUT2D eigenvalue weighted by Crippen LogP contribution is 2.69. The fraction of sp³-hybridized carbons (Fsp3) is 0.294. The first-order valence-electron chi connectivity index (χ1n) is 15.3. The van der Waals surface area contributed by atoms with Crippen molar-refractivity contribution in [2.24, 2.45) is 29.6 Å². The molecule has 0 radical (unpaired) electrons. The summed E-state index contributed by atoms with van der Waals surface area (Å²) in [4.78, 5) is 58.3. The van der Waals surface area contributed by atoms with Crippen molar-refractivity contribution in [2.75, 3.05) is 16.8 Å². The minimum Gasteiger partial charge on any atom is -0.483 e. The molecular weight excluding hydrogens is 767 g/mol. The third-order valence-corrected chi connectivity index (χ3v) is 13.3. The van der Waals surface area contributed by atoms with Crippen LogP contribution in [0.2, 0.25) is 5.02 Å². The van der Waals surface area contributed by atoms with Gasteiger partial charge in [0, 0.05) is 36.8 Å². The molecule has 2 aliphatic heterocycles. The van der Waals surface area contributed by atoms with Gasteiger partial charge in [-0.05, 0) is 84.8 Å². The third kappa shape index (κ3) is 5.51. The fourth-order valence-corrected chi connectivity index (χ4v) is 11.5. The number of fused-ring (bicyclic) bond motifs is 9. The van der Waals surface area contributed by atoms with Crippen LogP contribution in [0.25, 0.3) is 0 Å². The number of carbonyl (C=O) groups excluding carboxylic acids is 3. The number of H-pyrrole nitrogens is 1. The molecule has 3 fully saturated rings. The molecule has 3 heterocycles. The van der Waals surface area contributed by atoms with Crippen LogP contribution in [0.1, 0.15) is 28.3 Å². The summed E-state index contributed by atoms with van der Waals surface area (Å²) in [6, 6.07) is 16.3. The molecule has 0 spiro atoms. The topological polar surface area (TPSA) is 109 Å². The van der Waals surface area contributed by atoms with Gasteiger partial charge in [0.05, 0.1) is 28.1 Å². The molecule has 2 N–H and O–H groups in total. The lowest BCUT2D eigenvalue weighted by Gasteiger charge is -2.43. The van der Waals surface area contributed by atoms with Gasteiger partial charge in [0.2, 0.25) is 11.8 Å². The summed E-state index contributed by atoms with van der Waals surface area (Å²) in [5, 5.41) is 3.45. The minimum absolute atomic E-state index is 0.0295. The number of aromatic amines is 1. The van der Waals surface area contributed by atoms with Crippen LogP contribution >= 0.6 is 50.6 Å². The van der Waals surface area contributed by atoms with Crippen LogP contribution in [0.15, 0.2) is 81.0 Å². The Kier molecular flexibility index (Phi) is 8.00. The van der Waals surface area contributed by atoms with Gasteiger partial charge >= 0.3 is 11.0 Å². The van der Waals surface area contributed by atoms with E-state index in [1.165, 1.54) is 17.0 Å². The van der Waals surface area contributed by atoms with E-state index in [0.29, 0.717) is 33.5 Å². The average molecular weight is 791 g/mol. The molecule has 2 bridgehead atoms. The smallest absolute Gasteiger partial charge is 0.416 e. The van der Waals surface area contributed by atoms with Gasteiger partial charge in [-0.15, -0.1) is 11.8 Å². The van der Waals surface area contributed by atoms with E-state index in [0.717, 1.165) is 32.8 Å². The summed E-state index contributed by atoms with van der Waals surface area (Å²) in [6.45, 7) is -0.511. The molecule has 15 heteroatoms. The summed E-state index contributed by atoms with van der Waals surface area (Å²) in [5.41, 5.74) is 0.222. The van der Waals surface area contributed by atoms with Crippen molar-refractivity contribution in [2.45, 2.75) is 28.8 Å². The molecule has 4 aliphatic rings. The first-order chi connectivity index (χ1) is 23.4. The Morgan fingerprint density at radius 2 is 1.76 bits per heavy atom. The Labute approximate surface area is 298 Å². The number of halogens is 5. The van der Waals surface area contributed by atoms with Gasteiger partial charge in [-0.25, -0.2) is 0 Å². The molecule has 8 nitrogen and oxygen atoms in total. The number of amides is 3. The lowest BCUT2D eigenvalue weighted by molar-refractivity contribution is -0.137. The van der Waals surface area contributed by atoms with E-state index in [1.807, 2.05) is 0 Å². The standard InChI is InChI=1S/C34H24BrClF3N3O5S2/c35-15-4-7-18(8-5-15)42-31(44)26-20-12-21(27(26)32(42)45)28-25(20)24(29-30(48-28)41-33(46)49-29)19-11-16(36)6-9-22(19)47-13-23(43)40-17-3-1-2-14(10-17)34(37,38)39/h1-11,20-21,24-28H,12-13H2,(H,40,43)(H,41,46)/t20?,21?,24-,25?,26?,27?,28?/m1/s1. The number of imide groups is 1. The number of rotatable bonds is 6. The molecule has 2 saturated carbocycles. The molecule has 4 aromatic rings. The van der Waals surface area contributed by atoms with Crippen LogP contribution in [-0.2, 0) is 20.6 Å². The van der Waals surface area contributed by atoms with Crippen LogP contribution in [0.3, 0.4) is 0 Å². The van der Waals surface area contributed by atoms with Gasteiger partial charge in [-0.3, -0.25) is 24.1 Å². The second-order valence-electron chi connectivity index (χ2n) is 12.5. The Bertz CT molecular complexity index is 2090. The third-order valence-electron chi connectivity index (χ3n) is 9.95. The Morgan fingerprint density at radius 3 is 2.49 bits per heavy atom. The number of nitrogens with one attached hydrogen (secondary N) is 2. The number of thiazole rings is 1. The van der Waals surface area contributed by atoms with E-state index in [1.54, 1.807) is 54.2 Å². The molecule has 3 amide bonds. The SMILES string of the molecule is O=C(COc1ccc(Cl)cc1[C@H]1c2sc(=O)[nH]c2SC2C3CC(C4C(=O)N(c5ccc(Br)cc5)C(=O)C34)C21)Nc1cccc(C(F)(F)F)c1. The molecule has 2 aliphatic carbocycles. The number of aromatic nitrogens is 1. The molecule has 49 heavy (non-hydrogen) atoms. The zero-order valence-electron chi connectivity index (χ0n) is 25.0. The zero-order chi connectivity index (χ0) is 34.4. The van der Waals surface area contributed by atoms with Crippen LogP contribution in [0.4, 0.5) is 24.5 Å². The fourth-order valence-electron chi connectivity index (χ4n) is 8.22. The average Bonchev–Trinajstić information content (AvgIpc) is 3.79. The Morgan fingerprint density at radius 1 is 1.02 bits per heavy atom. The van der Waals surface area contributed by atoms with Crippen molar-refractivity contribution >= 4 is 79.7 Å². The van der Waals surface area contributed by atoms with E-state index in [2.05, 4.69) is 26.2 Å². The summed E-state index contributed by atoms with van der Waals surface area (Å²) in [7, 11) is 0.